The highest BCUT2D eigenvalue weighted by Crippen LogP contribution is 2.34. The number of carbonyl (C=O) groups is 1. The van der Waals surface area contributed by atoms with E-state index in [1.165, 1.54) is 18.2 Å². The molecule has 0 aliphatic carbocycles. The van der Waals surface area contributed by atoms with Gasteiger partial charge in [0.1, 0.15) is 0 Å². The van der Waals surface area contributed by atoms with Gasteiger partial charge in [-0.1, -0.05) is 23.2 Å². The van der Waals surface area contributed by atoms with Gasteiger partial charge in [0, 0.05) is 6.08 Å². The highest BCUT2D eigenvalue weighted by molar-refractivity contribution is 6.37. The minimum absolute atomic E-state index is 0.0268. The Hall–Kier alpha value is -1.79. The van der Waals surface area contributed by atoms with Gasteiger partial charge in [0.2, 0.25) is 6.20 Å². The summed E-state index contributed by atoms with van der Waals surface area (Å²) in [7, 11) is 0. The smallest absolute Gasteiger partial charge is 0.341 e. The van der Waals surface area contributed by atoms with Crippen molar-refractivity contribution in [3.63, 3.8) is 0 Å². The van der Waals surface area contributed by atoms with Gasteiger partial charge < -0.3 is 9.84 Å². The van der Waals surface area contributed by atoms with Crippen LogP contribution >= 0.6 is 23.2 Å². The molecule has 96 valence electrons. The van der Waals surface area contributed by atoms with Crippen molar-refractivity contribution in [1.82, 2.24) is 0 Å². The van der Waals surface area contributed by atoms with Crippen LogP contribution in [0.1, 0.15) is 5.56 Å². The van der Waals surface area contributed by atoms with E-state index in [-0.39, 0.29) is 15.8 Å². The quantitative estimate of drug-likeness (QED) is 0.665. The van der Waals surface area contributed by atoms with E-state index in [0.717, 1.165) is 6.20 Å². The summed E-state index contributed by atoms with van der Waals surface area (Å²) in [5.74, 6) is -1.14. The third kappa shape index (κ3) is 4.23. The number of hydrogen-bond acceptors (Lipinski definition) is 4. The Bertz CT molecular complexity index is 492. The van der Waals surface area contributed by atoms with Gasteiger partial charge in [0.05, 0.1) is 15.0 Å². The Morgan fingerprint density at radius 2 is 2.00 bits per heavy atom. The van der Waals surface area contributed by atoms with Crippen molar-refractivity contribution in [2.75, 3.05) is 6.61 Å². The number of carboxylic acids is 1. The van der Waals surface area contributed by atoms with E-state index in [9.17, 15) is 14.9 Å². The molecule has 0 heterocycles. The predicted octanol–water partition coefficient (Wildman–Crippen LogP) is 2.70. The summed E-state index contributed by atoms with van der Waals surface area (Å²) < 4.78 is 4.89. The van der Waals surface area contributed by atoms with E-state index in [1.54, 1.807) is 0 Å². The second-order valence-corrected chi connectivity index (χ2v) is 3.91. The molecular weight excluding hydrogens is 285 g/mol. The highest BCUT2D eigenvalue weighted by Gasteiger charge is 2.10. The molecule has 0 unspecified atom stereocenters. The van der Waals surface area contributed by atoms with Crippen LogP contribution in [0.4, 0.5) is 0 Å². The SMILES string of the molecule is O=C(O)COc1c(Cl)cc(/C=C/[N+](=O)[O-])cc1Cl. The zero-order valence-electron chi connectivity index (χ0n) is 8.80. The molecule has 6 nitrogen and oxygen atoms in total. The first-order valence-corrected chi connectivity index (χ1v) is 5.31. The Kier molecular flexibility index (Phi) is 4.94. The fraction of sp³-hybridized carbons (Fsp3) is 0.100. The van der Waals surface area contributed by atoms with Crippen molar-refractivity contribution in [3.8, 4) is 5.75 Å². The van der Waals surface area contributed by atoms with Crippen LogP contribution in [0.25, 0.3) is 6.08 Å². The maximum atomic E-state index is 10.3. The van der Waals surface area contributed by atoms with Crippen LogP contribution in [0.15, 0.2) is 18.3 Å². The summed E-state index contributed by atoms with van der Waals surface area (Å²) >= 11 is 11.7. The molecule has 0 amide bonds. The van der Waals surface area contributed by atoms with Crippen molar-refractivity contribution in [3.05, 3.63) is 44.1 Å². The molecule has 0 saturated carbocycles. The maximum Gasteiger partial charge on any atom is 0.341 e. The van der Waals surface area contributed by atoms with E-state index in [2.05, 4.69) is 0 Å². The van der Waals surface area contributed by atoms with Crippen LogP contribution in [-0.4, -0.2) is 22.6 Å². The average Bonchev–Trinajstić information content (AvgIpc) is 2.24. The summed E-state index contributed by atoms with van der Waals surface area (Å²) in [6.45, 7) is -0.580. The lowest BCUT2D eigenvalue weighted by atomic mass is 10.2. The number of halogens is 2. The third-order valence-corrected chi connectivity index (χ3v) is 2.31. The van der Waals surface area contributed by atoms with Crippen molar-refractivity contribution in [1.29, 1.82) is 0 Å². The molecule has 0 radical (unpaired) electrons. The molecule has 8 heteroatoms. The molecule has 0 atom stereocenters. The third-order valence-electron chi connectivity index (χ3n) is 1.75. The lowest BCUT2D eigenvalue weighted by Crippen LogP contribution is -2.10. The molecule has 0 bridgehead atoms. The highest BCUT2D eigenvalue weighted by atomic mass is 35.5. The summed E-state index contributed by atoms with van der Waals surface area (Å²) in [6.07, 6.45) is 1.94. The first-order chi connectivity index (χ1) is 8.40. The predicted molar refractivity (Wildman–Crippen MR) is 65.6 cm³/mol. The molecular formula is C10H7Cl2NO5. The molecule has 0 spiro atoms. The van der Waals surface area contributed by atoms with Crippen LogP contribution in [0, 0.1) is 10.1 Å². The molecule has 0 aliphatic rings. The molecule has 18 heavy (non-hydrogen) atoms. The molecule has 1 aromatic rings. The molecule has 1 N–H and O–H groups in total. The van der Waals surface area contributed by atoms with Gasteiger partial charge in [0.25, 0.3) is 0 Å². The molecule has 1 rings (SSSR count). The monoisotopic (exact) mass is 291 g/mol. The molecule has 0 fully saturated rings. The number of rotatable bonds is 5. The first kappa shape index (κ1) is 14.3. The Morgan fingerprint density at radius 1 is 1.44 bits per heavy atom. The van der Waals surface area contributed by atoms with Crippen LogP contribution in [0.2, 0.25) is 10.0 Å². The van der Waals surface area contributed by atoms with Crippen molar-refractivity contribution < 1.29 is 19.6 Å². The number of carboxylic acid groups (broad SMARTS) is 1. The summed E-state index contributed by atoms with van der Waals surface area (Å²) in [6, 6.07) is 2.76. The van der Waals surface area contributed by atoms with Crippen molar-refractivity contribution in [2.45, 2.75) is 0 Å². The van der Waals surface area contributed by atoms with E-state index in [4.69, 9.17) is 33.0 Å². The van der Waals surface area contributed by atoms with Gasteiger partial charge in [-0.05, 0) is 17.7 Å². The Labute approximate surface area is 112 Å². The largest absolute Gasteiger partial charge is 0.479 e. The number of nitrogens with zero attached hydrogens (tertiary/aromatic N) is 1. The van der Waals surface area contributed by atoms with Gasteiger partial charge in [0.15, 0.2) is 12.4 Å². The second kappa shape index (κ2) is 6.23. The Morgan fingerprint density at radius 3 is 2.44 bits per heavy atom. The lowest BCUT2D eigenvalue weighted by Gasteiger charge is -2.08. The minimum atomic E-state index is -1.17. The molecule has 0 saturated heterocycles. The van der Waals surface area contributed by atoms with Gasteiger partial charge >= 0.3 is 5.97 Å². The average molecular weight is 292 g/mol. The zero-order chi connectivity index (χ0) is 13.7. The number of ether oxygens (including phenoxy) is 1. The van der Waals surface area contributed by atoms with E-state index in [1.807, 2.05) is 0 Å². The minimum Gasteiger partial charge on any atom is -0.479 e. The van der Waals surface area contributed by atoms with E-state index < -0.39 is 17.5 Å². The number of aliphatic carboxylic acids is 1. The fourth-order valence-electron chi connectivity index (χ4n) is 1.09. The first-order valence-electron chi connectivity index (χ1n) is 4.55. The van der Waals surface area contributed by atoms with Crippen molar-refractivity contribution >= 4 is 35.2 Å². The molecule has 0 aromatic heterocycles. The second-order valence-electron chi connectivity index (χ2n) is 3.10. The van der Waals surface area contributed by atoms with E-state index >= 15 is 0 Å². The number of benzene rings is 1. The van der Waals surface area contributed by atoms with Crippen LogP contribution in [-0.2, 0) is 4.79 Å². The molecule has 1 aromatic carbocycles. The standard InChI is InChI=1S/C10H7Cl2NO5/c11-7-3-6(1-2-13(16)17)4-8(12)10(7)18-5-9(14)15/h1-4H,5H2,(H,14,15)/b2-1+. The number of nitro groups is 1. The van der Waals surface area contributed by atoms with Gasteiger partial charge in [-0.3, -0.25) is 10.1 Å². The van der Waals surface area contributed by atoms with E-state index in [0.29, 0.717) is 5.56 Å². The summed E-state index contributed by atoms with van der Waals surface area (Å²) in [5.41, 5.74) is 0.407. The van der Waals surface area contributed by atoms with Gasteiger partial charge in [-0.15, -0.1) is 0 Å². The van der Waals surface area contributed by atoms with Crippen molar-refractivity contribution in [2.24, 2.45) is 0 Å². The summed E-state index contributed by atoms with van der Waals surface area (Å²) in [4.78, 5) is 19.9. The fourth-order valence-corrected chi connectivity index (χ4v) is 1.71. The number of hydrogen-bond donors (Lipinski definition) is 1. The zero-order valence-corrected chi connectivity index (χ0v) is 10.3. The normalized spacial score (nSPS) is 10.6. The van der Waals surface area contributed by atoms with Crippen LogP contribution in [0.5, 0.6) is 5.75 Å². The van der Waals surface area contributed by atoms with Gasteiger partial charge in [-0.25, -0.2) is 4.79 Å². The van der Waals surface area contributed by atoms with Crippen LogP contribution in [0.3, 0.4) is 0 Å². The Balaban J connectivity index is 2.97. The molecule has 0 aliphatic heterocycles. The van der Waals surface area contributed by atoms with Crippen LogP contribution < -0.4 is 4.74 Å². The van der Waals surface area contributed by atoms with Gasteiger partial charge in [-0.2, -0.15) is 0 Å². The maximum absolute atomic E-state index is 10.3. The topological polar surface area (TPSA) is 89.7 Å². The lowest BCUT2D eigenvalue weighted by molar-refractivity contribution is -0.400. The summed E-state index contributed by atoms with van der Waals surface area (Å²) in [5, 5.41) is 18.8.